The van der Waals surface area contributed by atoms with Crippen LogP contribution in [0.4, 0.5) is 0 Å². The first-order chi connectivity index (χ1) is 7.86. The van der Waals surface area contributed by atoms with Crippen molar-refractivity contribution in [3.8, 4) is 0 Å². The van der Waals surface area contributed by atoms with Crippen LogP contribution in [-0.2, 0) is 0 Å². The second-order valence-corrected chi connectivity index (χ2v) is 5.23. The number of rotatable bonds is 8. The molecular formula is C14H30N2. The molecule has 0 amide bonds. The van der Waals surface area contributed by atoms with Crippen LogP contribution in [0.3, 0.4) is 0 Å². The molecule has 96 valence electrons. The van der Waals surface area contributed by atoms with Gasteiger partial charge in [-0.25, -0.2) is 0 Å². The van der Waals surface area contributed by atoms with Gasteiger partial charge in [-0.15, -0.1) is 0 Å². The van der Waals surface area contributed by atoms with Crippen LogP contribution in [0.25, 0.3) is 0 Å². The van der Waals surface area contributed by atoms with Crippen LogP contribution in [0.1, 0.15) is 58.8 Å². The molecular weight excluding hydrogens is 196 g/mol. The highest BCUT2D eigenvalue weighted by atomic mass is 14.9. The standard InChI is InChI=1S/C14H30N2/c1-3-5-7-14(6-4-2)16-12-13-8-10-15-11-9-13/h13-16H,3-12H2,1-2H3. The normalized spacial score (nSPS) is 19.9. The predicted molar refractivity (Wildman–Crippen MR) is 71.8 cm³/mol. The van der Waals surface area contributed by atoms with Crippen molar-refractivity contribution >= 4 is 0 Å². The Bertz CT molecular complexity index is 153. The maximum Gasteiger partial charge on any atom is 0.00670 e. The lowest BCUT2D eigenvalue weighted by Crippen LogP contribution is -2.38. The first kappa shape index (κ1) is 14.0. The fraction of sp³-hybridized carbons (Fsp3) is 1.00. The zero-order chi connectivity index (χ0) is 11.6. The van der Waals surface area contributed by atoms with Gasteiger partial charge in [-0.3, -0.25) is 0 Å². The zero-order valence-corrected chi connectivity index (χ0v) is 11.2. The Hall–Kier alpha value is -0.0800. The molecule has 1 aliphatic heterocycles. The molecule has 0 bridgehead atoms. The summed E-state index contributed by atoms with van der Waals surface area (Å²) in [4.78, 5) is 0. The average molecular weight is 226 g/mol. The maximum atomic E-state index is 3.80. The fourth-order valence-corrected chi connectivity index (χ4v) is 2.57. The largest absolute Gasteiger partial charge is 0.317 e. The number of nitrogens with one attached hydrogen (secondary N) is 2. The molecule has 0 aromatic heterocycles. The summed E-state index contributed by atoms with van der Waals surface area (Å²) in [5, 5.41) is 7.23. The van der Waals surface area contributed by atoms with E-state index in [0.717, 1.165) is 12.0 Å². The van der Waals surface area contributed by atoms with E-state index < -0.39 is 0 Å². The van der Waals surface area contributed by atoms with Gasteiger partial charge in [0.2, 0.25) is 0 Å². The molecule has 1 aliphatic rings. The Labute approximate surface area is 102 Å². The van der Waals surface area contributed by atoms with E-state index in [9.17, 15) is 0 Å². The summed E-state index contributed by atoms with van der Waals surface area (Å²) in [5.74, 6) is 0.919. The first-order valence-corrected chi connectivity index (χ1v) is 7.30. The van der Waals surface area contributed by atoms with Crippen molar-refractivity contribution in [2.75, 3.05) is 19.6 Å². The molecule has 1 fully saturated rings. The van der Waals surface area contributed by atoms with Crippen molar-refractivity contribution in [1.29, 1.82) is 0 Å². The van der Waals surface area contributed by atoms with E-state index in [-0.39, 0.29) is 0 Å². The quantitative estimate of drug-likeness (QED) is 0.665. The van der Waals surface area contributed by atoms with E-state index in [1.165, 1.54) is 64.6 Å². The van der Waals surface area contributed by atoms with Crippen molar-refractivity contribution < 1.29 is 0 Å². The van der Waals surface area contributed by atoms with Gasteiger partial charge in [0.05, 0.1) is 0 Å². The second kappa shape index (κ2) is 9.00. The molecule has 16 heavy (non-hydrogen) atoms. The Balaban J connectivity index is 2.14. The van der Waals surface area contributed by atoms with Crippen LogP contribution < -0.4 is 10.6 Å². The topological polar surface area (TPSA) is 24.1 Å². The smallest absolute Gasteiger partial charge is 0.00670 e. The van der Waals surface area contributed by atoms with Crippen molar-refractivity contribution in [3.05, 3.63) is 0 Å². The SMILES string of the molecule is CCCCC(CCC)NCC1CCNCC1. The zero-order valence-electron chi connectivity index (χ0n) is 11.2. The molecule has 2 N–H and O–H groups in total. The molecule has 1 saturated heterocycles. The Morgan fingerprint density at radius 2 is 1.88 bits per heavy atom. The third-order valence-electron chi connectivity index (χ3n) is 3.70. The Morgan fingerprint density at radius 3 is 2.50 bits per heavy atom. The van der Waals surface area contributed by atoms with Crippen LogP contribution in [0.2, 0.25) is 0 Å². The van der Waals surface area contributed by atoms with Gasteiger partial charge in [-0.05, 0) is 51.2 Å². The molecule has 1 rings (SSSR count). The van der Waals surface area contributed by atoms with Crippen LogP contribution in [-0.4, -0.2) is 25.7 Å². The van der Waals surface area contributed by atoms with Crippen molar-refractivity contribution in [2.45, 2.75) is 64.8 Å². The lowest BCUT2D eigenvalue weighted by atomic mass is 9.97. The maximum absolute atomic E-state index is 3.80. The third-order valence-corrected chi connectivity index (χ3v) is 3.70. The fourth-order valence-electron chi connectivity index (χ4n) is 2.57. The Morgan fingerprint density at radius 1 is 1.12 bits per heavy atom. The Kier molecular flexibility index (Phi) is 7.87. The number of hydrogen-bond donors (Lipinski definition) is 2. The molecule has 2 nitrogen and oxygen atoms in total. The lowest BCUT2D eigenvalue weighted by molar-refractivity contribution is 0.326. The minimum atomic E-state index is 0.778. The molecule has 0 aromatic rings. The molecule has 0 aliphatic carbocycles. The van der Waals surface area contributed by atoms with Gasteiger partial charge in [0.1, 0.15) is 0 Å². The summed E-state index contributed by atoms with van der Waals surface area (Å²) in [5.41, 5.74) is 0. The number of piperidine rings is 1. The summed E-state index contributed by atoms with van der Waals surface area (Å²) >= 11 is 0. The lowest BCUT2D eigenvalue weighted by Gasteiger charge is -2.26. The van der Waals surface area contributed by atoms with Crippen molar-refractivity contribution in [2.24, 2.45) is 5.92 Å². The van der Waals surface area contributed by atoms with Gasteiger partial charge < -0.3 is 10.6 Å². The molecule has 1 heterocycles. The van der Waals surface area contributed by atoms with Gasteiger partial charge in [-0.2, -0.15) is 0 Å². The summed E-state index contributed by atoms with van der Waals surface area (Å²) in [6, 6.07) is 0.778. The summed E-state index contributed by atoms with van der Waals surface area (Å²) < 4.78 is 0. The highest BCUT2D eigenvalue weighted by Gasteiger charge is 2.14. The average Bonchev–Trinajstić information content (AvgIpc) is 2.34. The molecule has 0 radical (unpaired) electrons. The summed E-state index contributed by atoms with van der Waals surface area (Å²) in [7, 11) is 0. The predicted octanol–water partition coefficient (Wildman–Crippen LogP) is 2.93. The van der Waals surface area contributed by atoms with Gasteiger partial charge >= 0.3 is 0 Å². The van der Waals surface area contributed by atoms with Gasteiger partial charge in [0.25, 0.3) is 0 Å². The number of hydrogen-bond acceptors (Lipinski definition) is 2. The van der Waals surface area contributed by atoms with E-state index in [1.54, 1.807) is 0 Å². The molecule has 0 spiro atoms. The summed E-state index contributed by atoms with van der Waals surface area (Å²) in [6.07, 6.45) is 9.46. The molecule has 1 atom stereocenters. The minimum Gasteiger partial charge on any atom is -0.317 e. The highest BCUT2D eigenvalue weighted by Crippen LogP contribution is 2.12. The van der Waals surface area contributed by atoms with Crippen molar-refractivity contribution in [1.82, 2.24) is 10.6 Å². The number of unbranched alkanes of at least 4 members (excludes halogenated alkanes) is 1. The third kappa shape index (κ3) is 5.86. The van der Waals surface area contributed by atoms with Crippen LogP contribution >= 0.6 is 0 Å². The van der Waals surface area contributed by atoms with Crippen LogP contribution in [0, 0.1) is 5.92 Å². The van der Waals surface area contributed by atoms with E-state index in [1.807, 2.05) is 0 Å². The van der Waals surface area contributed by atoms with Gasteiger partial charge in [0.15, 0.2) is 0 Å². The van der Waals surface area contributed by atoms with Crippen LogP contribution in [0.15, 0.2) is 0 Å². The second-order valence-electron chi connectivity index (χ2n) is 5.23. The summed E-state index contributed by atoms with van der Waals surface area (Å²) in [6.45, 7) is 8.27. The first-order valence-electron chi connectivity index (χ1n) is 7.30. The minimum absolute atomic E-state index is 0.778. The van der Waals surface area contributed by atoms with E-state index >= 15 is 0 Å². The molecule has 0 saturated carbocycles. The molecule has 2 heteroatoms. The van der Waals surface area contributed by atoms with E-state index in [0.29, 0.717) is 0 Å². The van der Waals surface area contributed by atoms with E-state index in [4.69, 9.17) is 0 Å². The molecule has 1 unspecified atom stereocenters. The molecule has 0 aromatic carbocycles. The van der Waals surface area contributed by atoms with Crippen LogP contribution in [0.5, 0.6) is 0 Å². The van der Waals surface area contributed by atoms with Gasteiger partial charge in [-0.1, -0.05) is 33.1 Å². The monoisotopic (exact) mass is 226 g/mol. The highest BCUT2D eigenvalue weighted by molar-refractivity contribution is 4.74. The van der Waals surface area contributed by atoms with Crippen molar-refractivity contribution in [3.63, 3.8) is 0 Å². The van der Waals surface area contributed by atoms with Gasteiger partial charge in [0, 0.05) is 6.04 Å². The van der Waals surface area contributed by atoms with E-state index in [2.05, 4.69) is 24.5 Å².